The molecule has 0 radical (unpaired) electrons. The van der Waals surface area contributed by atoms with Crippen LogP contribution in [0.5, 0.6) is 11.5 Å². The standard InChI is InChI=1S/C31H48O3/c1-6-8-9-10-11-12-13-18-31(33,17-7-2)19-16-24-21-27(32)29-25-20-23(3)14-15-26(25)30(4,5)34-28(29)22-24/h14,16,19,21-22,25-26,32-33H,6-13,15,17-18,20H2,1-5H3/b19-16+. The van der Waals surface area contributed by atoms with Crippen molar-refractivity contribution in [3.8, 4) is 11.5 Å². The van der Waals surface area contributed by atoms with Crippen molar-refractivity contribution in [2.45, 2.75) is 129 Å². The van der Waals surface area contributed by atoms with Crippen molar-refractivity contribution in [1.29, 1.82) is 0 Å². The van der Waals surface area contributed by atoms with Crippen LogP contribution >= 0.6 is 0 Å². The highest BCUT2D eigenvalue weighted by Gasteiger charge is 2.45. The van der Waals surface area contributed by atoms with E-state index >= 15 is 0 Å². The van der Waals surface area contributed by atoms with E-state index in [-0.39, 0.29) is 11.5 Å². The molecule has 3 unspecified atom stereocenters. The topological polar surface area (TPSA) is 49.7 Å². The van der Waals surface area contributed by atoms with Gasteiger partial charge in [0.25, 0.3) is 0 Å². The second-order valence-corrected chi connectivity index (χ2v) is 11.4. The van der Waals surface area contributed by atoms with Crippen LogP contribution in [-0.2, 0) is 0 Å². The number of aliphatic hydroxyl groups is 1. The third-order valence-electron chi connectivity index (χ3n) is 8.01. The number of rotatable bonds is 12. The fourth-order valence-electron chi connectivity index (χ4n) is 6.05. The number of hydrogen-bond acceptors (Lipinski definition) is 3. The molecular formula is C31H48O3. The maximum absolute atomic E-state index is 11.3. The molecule has 3 rings (SSSR count). The fourth-order valence-corrected chi connectivity index (χ4v) is 6.05. The van der Waals surface area contributed by atoms with Crippen molar-refractivity contribution < 1.29 is 14.9 Å². The van der Waals surface area contributed by atoms with E-state index in [0.29, 0.717) is 11.7 Å². The van der Waals surface area contributed by atoms with Crippen LogP contribution in [0.1, 0.15) is 129 Å². The van der Waals surface area contributed by atoms with Crippen LogP contribution < -0.4 is 4.74 Å². The molecule has 0 saturated carbocycles. The number of fused-ring (bicyclic) bond motifs is 3. The smallest absolute Gasteiger partial charge is 0.127 e. The summed E-state index contributed by atoms with van der Waals surface area (Å²) in [7, 11) is 0. The van der Waals surface area contributed by atoms with E-state index in [4.69, 9.17) is 4.74 Å². The molecule has 1 heterocycles. The Hall–Kier alpha value is -1.74. The molecule has 0 bridgehead atoms. The molecule has 1 aromatic carbocycles. The van der Waals surface area contributed by atoms with E-state index in [9.17, 15) is 10.2 Å². The Labute approximate surface area is 208 Å². The zero-order valence-corrected chi connectivity index (χ0v) is 22.3. The number of ether oxygens (including phenoxy) is 1. The molecule has 2 N–H and O–H groups in total. The van der Waals surface area contributed by atoms with E-state index in [0.717, 1.165) is 55.4 Å². The van der Waals surface area contributed by atoms with Crippen molar-refractivity contribution >= 4 is 6.08 Å². The number of phenols is 1. The summed E-state index contributed by atoms with van der Waals surface area (Å²) in [5.74, 6) is 1.78. The lowest BCUT2D eigenvalue weighted by Gasteiger charge is -2.47. The normalized spacial score (nSPS) is 23.1. The molecule has 0 aromatic heterocycles. The minimum absolute atomic E-state index is 0.274. The first-order valence-electron chi connectivity index (χ1n) is 13.8. The van der Waals surface area contributed by atoms with Gasteiger partial charge in [-0.2, -0.15) is 0 Å². The molecule has 190 valence electrons. The first-order chi connectivity index (χ1) is 16.2. The van der Waals surface area contributed by atoms with Crippen molar-refractivity contribution in [2.75, 3.05) is 0 Å². The Bertz CT molecular complexity index is 866. The number of phenolic OH excluding ortho intramolecular Hbond substituents is 1. The van der Waals surface area contributed by atoms with Crippen LogP contribution in [0.25, 0.3) is 6.08 Å². The molecule has 3 atom stereocenters. The van der Waals surface area contributed by atoms with E-state index in [1.807, 2.05) is 18.2 Å². The summed E-state index contributed by atoms with van der Waals surface area (Å²) in [6, 6.07) is 3.90. The summed E-state index contributed by atoms with van der Waals surface area (Å²) in [6.07, 6.45) is 19.5. The largest absolute Gasteiger partial charge is 0.507 e. The van der Waals surface area contributed by atoms with E-state index in [1.165, 1.54) is 44.1 Å². The average Bonchev–Trinajstić information content (AvgIpc) is 2.76. The third kappa shape index (κ3) is 6.68. The zero-order chi connectivity index (χ0) is 24.8. The van der Waals surface area contributed by atoms with Gasteiger partial charge in [-0.3, -0.25) is 0 Å². The van der Waals surface area contributed by atoms with Crippen LogP contribution in [0.2, 0.25) is 0 Å². The molecule has 1 aliphatic carbocycles. The molecular weight excluding hydrogens is 420 g/mol. The Balaban J connectivity index is 1.72. The number of hydrogen-bond donors (Lipinski definition) is 2. The predicted molar refractivity (Wildman–Crippen MR) is 144 cm³/mol. The molecule has 0 saturated heterocycles. The molecule has 0 amide bonds. The molecule has 34 heavy (non-hydrogen) atoms. The maximum Gasteiger partial charge on any atom is 0.127 e. The van der Waals surface area contributed by atoms with Crippen LogP contribution in [-0.4, -0.2) is 21.4 Å². The lowest BCUT2D eigenvalue weighted by atomic mass is 9.67. The van der Waals surface area contributed by atoms with Crippen LogP contribution in [0, 0.1) is 5.92 Å². The highest BCUT2D eigenvalue weighted by molar-refractivity contribution is 5.61. The van der Waals surface area contributed by atoms with Gasteiger partial charge in [-0.1, -0.05) is 89.0 Å². The number of benzene rings is 1. The average molecular weight is 469 g/mol. The summed E-state index contributed by atoms with van der Waals surface area (Å²) in [5.41, 5.74) is 2.18. The Morgan fingerprint density at radius 1 is 1.03 bits per heavy atom. The molecule has 3 nitrogen and oxygen atoms in total. The van der Waals surface area contributed by atoms with Gasteiger partial charge in [0.2, 0.25) is 0 Å². The zero-order valence-electron chi connectivity index (χ0n) is 22.3. The SMILES string of the molecule is CCCCCCCCCC(O)(/C=C/c1cc(O)c2c(c1)OC(C)(C)C1CC=C(C)CC21)CCC. The van der Waals surface area contributed by atoms with Gasteiger partial charge in [0, 0.05) is 17.4 Å². The molecule has 1 aromatic rings. The second kappa shape index (κ2) is 11.8. The lowest BCUT2D eigenvalue weighted by Crippen LogP contribution is -2.45. The number of allylic oxidation sites excluding steroid dienone is 2. The van der Waals surface area contributed by atoms with Gasteiger partial charge in [-0.05, 0) is 64.2 Å². The molecule has 0 spiro atoms. The number of aromatic hydroxyl groups is 1. The summed E-state index contributed by atoms with van der Waals surface area (Å²) in [4.78, 5) is 0. The highest BCUT2D eigenvalue weighted by atomic mass is 16.5. The van der Waals surface area contributed by atoms with Gasteiger partial charge in [0.05, 0.1) is 5.60 Å². The first-order valence-corrected chi connectivity index (χ1v) is 13.8. The minimum Gasteiger partial charge on any atom is -0.507 e. The second-order valence-electron chi connectivity index (χ2n) is 11.4. The van der Waals surface area contributed by atoms with Gasteiger partial charge in [-0.15, -0.1) is 0 Å². The van der Waals surface area contributed by atoms with E-state index < -0.39 is 5.60 Å². The number of unbranched alkanes of at least 4 members (excludes halogenated alkanes) is 6. The Kier molecular flexibility index (Phi) is 9.32. The highest BCUT2D eigenvalue weighted by Crippen LogP contribution is 2.54. The molecule has 1 aliphatic heterocycles. The van der Waals surface area contributed by atoms with Crippen molar-refractivity contribution in [3.05, 3.63) is 41.0 Å². The minimum atomic E-state index is -0.791. The van der Waals surface area contributed by atoms with E-state index in [2.05, 4.69) is 46.8 Å². The quantitative estimate of drug-likeness (QED) is 0.238. The van der Waals surface area contributed by atoms with Crippen LogP contribution in [0.3, 0.4) is 0 Å². The molecule has 3 heteroatoms. The monoisotopic (exact) mass is 468 g/mol. The van der Waals surface area contributed by atoms with Crippen molar-refractivity contribution in [1.82, 2.24) is 0 Å². The maximum atomic E-state index is 11.3. The Morgan fingerprint density at radius 3 is 2.44 bits per heavy atom. The summed E-state index contributed by atoms with van der Waals surface area (Å²) in [5, 5.41) is 22.3. The fraction of sp³-hybridized carbons (Fsp3) is 0.677. The van der Waals surface area contributed by atoms with Crippen LogP contribution in [0.15, 0.2) is 29.9 Å². The van der Waals surface area contributed by atoms with Gasteiger partial charge in [0.1, 0.15) is 17.1 Å². The van der Waals surface area contributed by atoms with Crippen molar-refractivity contribution in [2.24, 2.45) is 5.92 Å². The predicted octanol–water partition coefficient (Wildman–Crippen LogP) is 8.69. The van der Waals surface area contributed by atoms with E-state index in [1.54, 1.807) is 0 Å². The van der Waals surface area contributed by atoms with Gasteiger partial charge in [0.15, 0.2) is 0 Å². The molecule has 2 aliphatic rings. The van der Waals surface area contributed by atoms with Gasteiger partial charge in [-0.25, -0.2) is 0 Å². The van der Waals surface area contributed by atoms with Crippen LogP contribution in [0.4, 0.5) is 0 Å². The Morgan fingerprint density at radius 2 is 1.74 bits per heavy atom. The van der Waals surface area contributed by atoms with Crippen molar-refractivity contribution in [3.63, 3.8) is 0 Å². The first kappa shape index (κ1) is 26.9. The summed E-state index contributed by atoms with van der Waals surface area (Å²) >= 11 is 0. The lowest BCUT2D eigenvalue weighted by molar-refractivity contribution is 0.00759. The third-order valence-corrected chi connectivity index (χ3v) is 8.01. The molecule has 0 fully saturated rings. The summed E-state index contributed by atoms with van der Waals surface area (Å²) in [6.45, 7) is 10.9. The summed E-state index contributed by atoms with van der Waals surface area (Å²) < 4.78 is 6.46. The van der Waals surface area contributed by atoms with Gasteiger partial charge >= 0.3 is 0 Å². The van der Waals surface area contributed by atoms with Gasteiger partial charge < -0.3 is 14.9 Å².